The average Bonchev–Trinajstić information content (AvgIpc) is 3.11. The van der Waals surface area contributed by atoms with Crippen LogP contribution in [-0.2, 0) is 4.79 Å². The molecule has 2 aliphatic heterocycles. The molecule has 2 N–H and O–H groups in total. The molecule has 3 rings (SSSR count). The zero-order valence-corrected chi connectivity index (χ0v) is 15.2. The van der Waals surface area contributed by atoms with E-state index in [0.29, 0.717) is 17.7 Å². The van der Waals surface area contributed by atoms with Gasteiger partial charge in [0.15, 0.2) is 0 Å². The van der Waals surface area contributed by atoms with E-state index in [1.165, 1.54) is 32.2 Å². The number of carbonyl (C=O) groups excluding carboxylic acids is 1. The molecule has 2 saturated heterocycles. The molecule has 0 radical (unpaired) electrons. The summed E-state index contributed by atoms with van der Waals surface area (Å²) in [7, 11) is 0. The van der Waals surface area contributed by atoms with Crippen molar-refractivity contribution in [2.75, 3.05) is 39.3 Å². The van der Waals surface area contributed by atoms with Gasteiger partial charge in [0.2, 0.25) is 5.91 Å². The molecule has 0 aromatic rings. The van der Waals surface area contributed by atoms with Gasteiger partial charge in [0.25, 0.3) is 0 Å². The Morgan fingerprint density at radius 1 is 1.32 bits per heavy atom. The number of likely N-dealkylation sites (tertiary alicyclic amines) is 1. The molecule has 0 bridgehead atoms. The van der Waals surface area contributed by atoms with Gasteiger partial charge in [-0.1, -0.05) is 19.8 Å². The number of fused-ring (bicyclic) bond motifs is 1. The van der Waals surface area contributed by atoms with E-state index in [1.54, 1.807) is 0 Å². The molecule has 1 aliphatic carbocycles. The zero-order chi connectivity index (χ0) is 14.0. The molecule has 0 aromatic heterocycles. The summed E-state index contributed by atoms with van der Waals surface area (Å²) in [5.41, 5.74) is -0.0820. The van der Waals surface area contributed by atoms with Gasteiger partial charge in [-0.05, 0) is 50.7 Å². The Morgan fingerprint density at radius 3 is 2.86 bits per heavy atom. The number of rotatable bonds is 4. The number of nitrogens with zero attached hydrogens (tertiary/aromatic N) is 1. The monoisotopic (exact) mass is 351 g/mol. The predicted octanol–water partition coefficient (Wildman–Crippen LogP) is 2.07. The number of hydrogen-bond donors (Lipinski definition) is 2. The van der Waals surface area contributed by atoms with Crippen LogP contribution in [0.3, 0.4) is 0 Å². The van der Waals surface area contributed by atoms with Crippen molar-refractivity contribution in [1.29, 1.82) is 0 Å². The number of nitrogens with one attached hydrogen (secondary N) is 2. The van der Waals surface area contributed by atoms with Gasteiger partial charge in [0.05, 0.1) is 5.41 Å². The van der Waals surface area contributed by atoms with Crippen LogP contribution in [0.5, 0.6) is 0 Å². The van der Waals surface area contributed by atoms with E-state index in [4.69, 9.17) is 0 Å². The summed E-state index contributed by atoms with van der Waals surface area (Å²) >= 11 is 0. The lowest BCUT2D eigenvalue weighted by molar-refractivity contribution is -0.134. The Labute approximate surface area is 147 Å². The molecule has 3 fully saturated rings. The molecular formula is C16H31Cl2N3O. The Hall–Kier alpha value is -0.0300. The third kappa shape index (κ3) is 3.89. The molecule has 1 amide bonds. The standard InChI is InChI=1S/C16H29N3O.2ClH/c1-2-19-8-6-13(11-19)9-18-15(20)16-7-4-3-5-14(16)10-17-12-16;;/h13-14,17H,2-12H2,1H3,(H,18,20);2*1H/t13?,14-,16+;;/m0../s1. The summed E-state index contributed by atoms with van der Waals surface area (Å²) in [6, 6.07) is 0. The SMILES string of the molecule is CCN1CCC(CNC(=O)[C@@]23CCCC[C@H]2CNC3)C1.Cl.Cl. The molecule has 3 atom stereocenters. The molecule has 1 unspecified atom stereocenters. The summed E-state index contributed by atoms with van der Waals surface area (Å²) in [6.07, 6.45) is 6.08. The van der Waals surface area contributed by atoms with Gasteiger partial charge in [-0.25, -0.2) is 0 Å². The van der Waals surface area contributed by atoms with E-state index in [2.05, 4.69) is 22.5 Å². The van der Waals surface area contributed by atoms with Gasteiger partial charge in [0.1, 0.15) is 0 Å². The average molecular weight is 352 g/mol. The van der Waals surface area contributed by atoms with Crippen molar-refractivity contribution >= 4 is 30.7 Å². The van der Waals surface area contributed by atoms with E-state index >= 15 is 0 Å². The van der Waals surface area contributed by atoms with E-state index in [-0.39, 0.29) is 30.2 Å². The minimum atomic E-state index is -0.0820. The van der Waals surface area contributed by atoms with Crippen LogP contribution in [-0.4, -0.2) is 50.1 Å². The van der Waals surface area contributed by atoms with Crippen LogP contribution >= 0.6 is 24.8 Å². The lowest BCUT2D eigenvalue weighted by Crippen LogP contribution is -2.49. The van der Waals surface area contributed by atoms with Crippen molar-refractivity contribution in [3.8, 4) is 0 Å². The normalized spacial score (nSPS) is 34.4. The van der Waals surface area contributed by atoms with Crippen LogP contribution in [0.15, 0.2) is 0 Å². The second kappa shape index (κ2) is 8.72. The van der Waals surface area contributed by atoms with E-state index in [0.717, 1.165) is 39.1 Å². The highest BCUT2D eigenvalue weighted by Crippen LogP contribution is 2.43. The van der Waals surface area contributed by atoms with Gasteiger partial charge < -0.3 is 15.5 Å². The van der Waals surface area contributed by atoms with Crippen molar-refractivity contribution < 1.29 is 4.79 Å². The molecular weight excluding hydrogens is 321 g/mol. The highest BCUT2D eigenvalue weighted by molar-refractivity contribution is 5.85. The summed E-state index contributed by atoms with van der Waals surface area (Å²) in [4.78, 5) is 15.2. The lowest BCUT2D eigenvalue weighted by atomic mass is 9.67. The first-order valence-electron chi connectivity index (χ1n) is 8.46. The van der Waals surface area contributed by atoms with Crippen molar-refractivity contribution in [2.24, 2.45) is 17.3 Å². The van der Waals surface area contributed by atoms with Crippen molar-refractivity contribution in [3.05, 3.63) is 0 Å². The van der Waals surface area contributed by atoms with Gasteiger partial charge in [-0.2, -0.15) is 0 Å². The van der Waals surface area contributed by atoms with Gasteiger partial charge in [-0.15, -0.1) is 24.8 Å². The third-order valence-corrected chi connectivity index (χ3v) is 5.86. The van der Waals surface area contributed by atoms with Gasteiger partial charge in [-0.3, -0.25) is 4.79 Å². The van der Waals surface area contributed by atoms with Crippen LogP contribution < -0.4 is 10.6 Å². The van der Waals surface area contributed by atoms with Gasteiger partial charge >= 0.3 is 0 Å². The molecule has 6 heteroatoms. The maximum absolute atomic E-state index is 12.7. The van der Waals surface area contributed by atoms with Crippen LogP contribution in [0, 0.1) is 17.3 Å². The summed E-state index contributed by atoms with van der Waals surface area (Å²) in [5, 5.41) is 6.76. The fourth-order valence-corrected chi connectivity index (χ4v) is 4.47. The highest BCUT2D eigenvalue weighted by Gasteiger charge is 2.49. The minimum Gasteiger partial charge on any atom is -0.355 e. The minimum absolute atomic E-state index is 0. The topological polar surface area (TPSA) is 44.4 Å². The quantitative estimate of drug-likeness (QED) is 0.814. The molecule has 130 valence electrons. The largest absolute Gasteiger partial charge is 0.355 e. The second-order valence-corrected chi connectivity index (χ2v) is 6.99. The van der Waals surface area contributed by atoms with Crippen molar-refractivity contribution in [3.63, 3.8) is 0 Å². The van der Waals surface area contributed by atoms with Crippen LogP contribution in [0.2, 0.25) is 0 Å². The molecule has 3 aliphatic rings. The molecule has 4 nitrogen and oxygen atoms in total. The maximum atomic E-state index is 12.7. The molecule has 0 spiro atoms. The Balaban J connectivity index is 0.00000121. The Bertz CT molecular complexity index is 369. The smallest absolute Gasteiger partial charge is 0.227 e. The second-order valence-electron chi connectivity index (χ2n) is 6.99. The van der Waals surface area contributed by atoms with Crippen LogP contribution in [0.4, 0.5) is 0 Å². The summed E-state index contributed by atoms with van der Waals surface area (Å²) < 4.78 is 0. The predicted molar refractivity (Wildman–Crippen MR) is 95.0 cm³/mol. The Morgan fingerprint density at radius 2 is 2.14 bits per heavy atom. The maximum Gasteiger partial charge on any atom is 0.227 e. The number of carbonyl (C=O) groups is 1. The van der Waals surface area contributed by atoms with Crippen molar-refractivity contribution in [1.82, 2.24) is 15.5 Å². The molecule has 22 heavy (non-hydrogen) atoms. The fraction of sp³-hybridized carbons (Fsp3) is 0.938. The first-order valence-corrected chi connectivity index (χ1v) is 8.46. The molecule has 0 aromatic carbocycles. The van der Waals surface area contributed by atoms with Crippen LogP contribution in [0.1, 0.15) is 39.0 Å². The Kier molecular flexibility index (Phi) is 7.93. The van der Waals surface area contributed by atoms with Gasteiger partial charge in [0, 0.05) is 19.6 Å². The van der Waals surface area contributed by atoms with E-state index in [9.17, 15) is 4.79 Å². The van der Waals surface area contributed by atoms with Crippen LogP contribution in [0.25, 0.3) is 0 Å². The van der Waals surface area contributed by atoms with Crippen molar-refractivity contribution in [2.45, 2.75) is 39.0 Å². The third-order valence-electron chi connectivity index (χ3n) is 5.86. The zero-order valence-electron chi connectivity index (χ0n) is 13.6. The number of halogens is 2. The summed E-state index contributed by atoms with van der Waals surface area (Å²) in [5.74, 6) is 1.57. The summed E-state index contributed by atoms with van der Waals surface area (Å²) in [6.45, 7) is 8.54. The highest BCUT2D eigenvalue weighted by atomic mass is 35.5. The number of hydrogen-bond acceptors (Lipinski definition) is 3. The first-order chi connectivity index (χ1) is 9.74. The lowest BCUT2D eigenvalue weighted by Gasteiger charge is -2.37. The van der Waals surface area contributed by atoms with E-state index in [1.807, 2.05) is 0 Å². The van der Waals surface area contributed by atoms with E-state index < -0.39 is 0 Å². The molecule has 2 heterocycles. The number of amides is 1. The first kappa shape index (κ1) is 20.0. The fourth-order valence-electron chi connectivity index (χ4n) is 4.47. The molecule has 1 saturated carbocycles.